The molecule has 2 N–H and O–H groups in total. The van der Waals surface area contributed by atoms with Gasteiger partial charge in [-0.25, -0.2) is 9.36 Å². The van der Waals surface area contributed by atoms with Gasteiger partial charge in [0.15, 0.2) is 0 Å². The van der Waals surface area contributed by atoms with Crippen molar-refractivity contribution in [2.45, 2.75) is 59.9 Å². The van der Waals surface area contributed by atoms with Gasteiger partial charge in [0.2, 0.25) is 5.91 Å². The first-order chi connectivity index (χ1) is 13.9. The van der Waals surface area contributed by atoms with Crippen molar-refractivity contribution in [1.82, 2.24) is 9.13 Å². The zero-order chi connectivity index (χ0) is 21.1. The Kier molecular flexibility index (Phi) is 6.83. The maximum Gasteiger partial charge on any atom is 0.336 e. The van der Waals surface area contributed by atoms with Crippen LogP contribution in [0, 0.1) is 23.7 Å². The molecule has 0 unspecified atom stereocenters. The number of nitrogens with two attached hydrogens (primary N) is 1. The molecule has 3 atom stereocenters. The van der Waals surface area contributed by atoms with Crippen LogP contribution in [0.5, 0.6) is 5.75 Å². The molecule has 1 aliphatic rings. The van der Waals surface area contributed by atoms with Gasteiger partial charge >= 0.3 is 5.69 Å². The van der Waals surface area contributed by atoms with E-state index in [0.29, 0.717) is 54.2 Å². The largest absolute Gasteiger partial charge is 0.494 e. The first-order valence-electron chi connectivity index (χ1n) is 11.0. The highest BCUT2D eigenvalue weighted by molar-refractivity contribution is 5.92. The van der Waals surface area contributed by atoms with Gasteiger partial charge in [-0.2, -0.15) is 0 Å². The van der Waals surface area contributed by atoms with E-state index in [4.69, 9.17) is 10.5 Å². The quantitative estimate of drug-likeness (QED) is 0.763. The van der Waals surface area contributed by atoms with Crippen molar-refractivity contribution in [3.8, 4) is 5.75 Å². The third kappa shape index (κ3) is 4.27. The molecule has 1 fully saturated rings. The molecule has 3 rings (SSSR count). The van der Waals surface area contributed by atoms with Crippen LogP contribution in [-0.2, 0) is 6.54 Å². The average Bonchev–Trinajstić information content (AvgIpc) is 2.97. The number of rotatable bonds is 7. The highest BCUT2D eigenvalue weighted by Crippen LogP contribution is 2.39. The monoisotopic (exact) mass is 401 g/mol. The Hall–Kier alpha value is -2.08. The Morgan fingerprint density at radius 1 is 1.28 bits per heavy atom. The van der Waals surface area contributed by atoms with Gasteiger partial charge < -0.3 is 10.5 Å². The second-order valence-electron chi connectivity index (χ2n) is 8.83. The van der Waals surface area contributed by atoms with Crippen molar-refractivity contribution in [2.24, 2.45) is 29.4 Å². The summed E-state index contributed by atoms with van der Waals surface area (Å²) in [6, 6.07) is 5.54. The molecule has 1 heterocycles. The molecular weight excluding hydrogens is 366 g/mol. The van der Waals surface area contributed by atoms with Crippen LogP contribution < -0.4 is 16.2 Å². The number of hydrogen-bond acceptors (Lipinski definition) is 4. The van der Waals surface area contributed by atoms with Crippen LogP contribution in [0.25, 0.3) is 11.0 Å². The van der Waals surface area contributed by atoms with Crippen molar-refractivity contribution in [3.63, 3.8) is 0 Å². The molecule has 6 nitrogen and oxygen atoms in total. The van der Waals surface area contributed by atoms with Crippen molar-refractivity contribution in [3.05, 3.63) is 28.7 Å². The normalized spacial score (nSPS) is 22.3. The van der Waals surface area contributed by atoms with Gasteiger partial charge in [0, 0.05) is 25.1 Å². The van der Waals surface area contributed by atoms with Crippen molar-refractivity contribution in [1.29, 1.82) is 0 Å². The molecule has 2 aromatic rings. The van der Waals surface area contributed by atoms with E-state index in [0.717, 1.165) is 25.7 Å². The number of aromatic nitrogens is 2. The van der Waals surface area contributed by atoms with Gasteiger partial charge in [-0.1, -0.05) is 34.1 Å². The minimum atomic E-state index is -0.288. The molecule has 29 heavy (non-hydrogen) atoms. The lowest BCUT2D eigenvalue weighted by molar-refractivity contribution is 0.0633. The number of nitrogens with zero attached hydrogens (tertiary/aromatic N) is 2. The Labute approximate surface area is 173 Å². The number of carbonyl (C=O) groups is 1. The number of hydrogen-bond donors (Lipinski definition) is 1. The standard InChI is InChI=1S/C23H35N3O3/c1-5-12-29-17-7-9-20-21(14-17)25(11-10-24)23(28)26(20)22(27)19-13-16(4)6-8-18(19)15(2)3/h7,9,14-16,18-19H,5-6,8,10-13,24H2,1-4H3/t16-,18+,19-/m1/s1. The van der Waals surface area contributed by atoms with Crippen molar-refractivity contribution < 1.29 is 9.53 Å². The fourth-order valence-corrected chi connectivity index (χ4v) is 4.76. The molecule has 1 aromatic carbocycles. The predicted octanol–water partition coefficient (Wildman–Crippen LogP) is 3.90. The lowest BCUT2D eigenvalue weighted by Gasteiger charge is -2.36. The fourth-order valence-electron chi connectivity index (χ4n) is 4.76. The van der Waals surface area contributed by atoms with Crippen LogP contribution >= 0.6 is 0 Å². The summed E-state index contributed by atoms with van der Waals surface area (Å²) >= 11 is 0. The van der Waals surface area contributed by atoms with E-state index in [1.54, 1.807) is 4.57 Å². The Morgan fingerprint density at radius 2 is 2.03 bits per heavy atom. The molecular formula is C23H35N3O3. The minimum Gasteiger partial charge on any atom is -0.494 e. The summed E-state index contributed by atoms with van der Waals surface area (Å²) in [6.07, 6.45) is 3.94. The van der Waals surface area contributed by atoms with Crippen molar-refractivity contribution in [2.75, 3.05) is 13.2 Å². The number of benzene rings is 1. The summed E-state index contributed by atoms with van der Waals surface area (Å²) in [4.78, 5) is 26.9. The Bertz CT molecular complexity index is 912. The Morgan fingerprint density at radius 3 is 2.69 bits per heavy atom. The zero-order valence-corrected chi connectivity index (χ0v) is 18.2. The second kappa shape index (κ2) is 9.16. The summed E-state index contributed by atoms with van der Waals surface area (Å²) in [6.45, 7) is 9.94. The molecule has 0 bridgehead atoms. The molecule has 1 saturated carbocycles. The lowest BCUT2D eigenvalue weighted by Crippen LogP contribution is -2.40. The van der Waals surface area contributed by atoms with E-state index in [2.05, 4.69) is 20.8 Å². The summed E-state index contributed by atoms with van der Waals surface area (Å²) in [5.74, 6) is 1.75. The number of carbonyl (C=O) groups excluding carboxylic acids is 1. The van der Waals surface area contributed by atoms with Gasteiger partial charge in [0.25, 0.3) is 0 Å². The molecule has 1 aromatic heterocycles. The van der Waals surface area contributed by atoms with Gasteiger partial charge in [0.05, 0.1) is 17.6 Å². The van der Waals surface area contributed by atoms with E-state index in [9.17, 15) is 9.59 Å². The van der Waals surface area contributed by atoms with Crippen LogP contribution in [0.3, 0.4) is 0 Å². The van der Waals surface area contributed by atoms with Crippen LogP contribution in [0.4, 0.5) is 0 Å². The molecule has 6 heteroatoms. The Balaban J connectivity index is 2.09. The number of ether oxygens (including phenoxy) is 1. The first-order valence-corrected chi connectivity index (χ1v) is 11.0. The van der Waals surface area contributed by atoms with E-state index in [1.807, 2.05) is 25.1 Å². The van der Waals surface area contributed by atoms with Crippen LogP contribution in [0.15, 0.2) is 23.0 Å². The summed E-state index contributed by atoms with van der Waals surface area (Å²) in [5, 5.41) is 0. The van der Waals surface area contributed by atoms with Gasteiger partial charge in [0.1, 0.15) is 5.75 Å². The van der Waals surface area contributed by atoms with Crippen LogP contribution in [0.2, 0.25) is 0 Å². The van der Waals surface area contributed by atoms with E-state index >= 15 is 0 Å². The topological polar surface area (TPSA) is 79.2 Å². The maximum atomic E-state index is 13.7. The van der Waals surface area contributed by atoms with Crippen LogP contribution in [0.1, 0.15) is 58.2 Å². The molecule has 1 aliphatic carbocycles. The predicted molar refractivity (Wildman–Crippen MR) is 116 cm³/mol. The highest BCUT2D eigenvalue weighted by Gasteiger charge is 2.37. The van der Waals surface area contributed by atoms with Gasteiger partial charge in [-0.15, -0.1) is 0 Å². The molecule has 160 valence electrons. The zero-order valence-electron chi connectivity index (χ0n) is 18.2. The molecule has 0 amide bonds. The number of fused-ring (bicyclic) bond motifs is 1. The summed E-state index contributed by atoms with van der Waals surface area (Å²) < 4.78 is 8.75. The summed E-state index contributed by atoms with van der Waals surface area (Å²) in [5.41, 5.74) is 6.84. The second-order valence-corrected chi connectivity index (χ2v) is 8.83. The van der Waals surface area contributed by atoms with E-state index in [1.165, 1.54) is 4.57 Å². The lowest BCUT2D eigenvalue weighted by atomic mass is 9.69. The van der Waals surface area contributed by atoms with E-state index < -0.39 is 0 Å². The smallest absolute Gasteiger partial charge is 0.336 e. The van der Waals surface area contributed by atoms with Crippen molar-refractivity contribution >= 4 is 16.9 Å². The first kappa shape index (κ1) is 21.6. The molecule has 0 aliphatic heterocycles. The third-order valence-corrected chi connectivity index (χ3v) is 6.29. The van der Waals surface area contributed by atoms with Gasteiger partial charge in [-0.05, 0) is 49.1 Å². The SMILES string of the molecule is CCCOc1ccc2c(c1)n(CCN)c(=O)n2C(=O)[C@@H]1C[C@H](C)CC[C@H]1C(C)C. The number of imidazole rings is 1. The average molecular weight is 402 g/mol. The third-order valence-electron chi connectivity index (χ3n) is 6.29. The molecule has 0 spiro atoms. The fraction of sp³-hybridized carbons (Fsp3) is 0.652. The van der Waals surface area contributed by atoms with Gasteiger partial charge in [-0.3, -0.25) is 9.36 Å². The van der Waals surface area contributed by atoms with Crippen LogP contribution in [-0.4, -0.2) is 28.2 Å². The molecule has 0 radical (unpaired) electrons. The maximum absolute atomic E-state index is 13.7. The minimum absolute atomic E-state index is 0.0664. The molecule has 0 saturated heterocycles. The summed E-state index contributed by atoms with van der Waals surface area (Å²) in [7, 11) is 0. The highest BCUT2D eigenvalue weighted by atomic mass is 16.5. The van der Waals surface area contributed by atoms with E-state index in [-0.39, 0.29) is 17.5 Å².